The van der Waals surface area contributed by atoms with E-state index in [4.69, 9.17) is 0 Å². The Balaban J connectivity index is 1.75. The lowest BCUT2D eigenvalue weighted by Gasteiger charge is -2.20. The van der Waals surface area contributed by atoms with Gasteiger partial charge in [-0.15, -0.1) is 11.8 Å². The maximum absolute atomic E-state index is 12.2. The minimum atomic E-state index is 0.0654. The lowest BCUT2D eigenvalue weighted by molar-refractivity contribution is 0.204. The second-order valence-corrected chi connectivity index (χ2v) is 6.84. The van der Waals surface area contributed by atoms with Gasteiger partial charge in [-0.2, -0.15) is 0 Å². The van der Waals surface area contributed by atoms with Crippen LogP contribution in [0.3, 0.4) is 0 Å². The number of carbonyl (C=O) groups is 1. The highest BCUT2D eigenvalue weighted by Crippen LogP contribution is 2.18. The fourth-order valence-corrected chi connectivity index (χ4v) is 3.18. The largest absolute Gasteiger partial charge is 0.334 e. The highest BCUT2D eigenvalue weighted by atomic mass is 32.2. The molecule has 1 N–H and O–H groups in total. The van der Waals surface area contributed by atoms with E-state index in [2.05, 4.69) is 54.7 Å². The molecule has 1 heterocycles. The quantitative estimate of drug-likeness (QED) is 0.818. The normalized spacial score (nSPS) is 18.0. The Hall–Kier alpha value is -1.20. The Bertz CT molecular complexity index is 477. The summed E-state index contributed by atoms with van der Waals surface area (Å²) in [5.74, 6) is 0.608. The van der Waals surface area contributed by atoms with Crippen molar-refractivity contribution < 1.29 is 4.79 Å². The average molecular weight is 321 g/mol. The zero-order chi connectivity index (χ0) is 15.9. The van der Waals surface area contributed by atoms with Crippen molar-refractivity contribution in [3.8, 4) is 0 Å². The lowest BCUT2D eigenvalue weighted by atomic mass is 10.1. The SMILES string of the molecule is CCN(C)C[C@H]1CCN(C(=O)NCc2ccc(SC)cc2)C1. The minimum absolute atomic E-state index is 0.0654. The van der Waals surface area contributed by atoms with Crippen LogP contribution < -0.4 is 5.32 Å². The monoisotopic (exact) mass is 321 g/mol. The summed E-state index contributed by atoms with van der Waals surface area (Å²) in [4.78, 5) is 17.8. The zero-order valence-corrected chi connectivity index (χ0v) is 14.7. The number of nitrogens with one attached hydrogen (secondary N) is 1. The molecule has 1 fully saturated rings. The number of hydrogen-bond acceptors (Lipinski definition) is 3. The molecule has 1 aliphatic rings. The third kappa shape index (κ3) is 4.92. The van der Waals surface area contributed by atoms with E-state index in [0.717, 1.165) is 38.2 Å². The number of hydrogen-bond donors (Lipinski definition) is 1. The third-order valence-electron chi connectivity index (χ3n) is 4.29. The van der Waals surface area contributed by atoms with E-state index in [0.29, 0.717) is 12.5 Å². The van der Waals surface area contributed by atoms with Crippen molar-refractivity contribution in [2.24, 2.45) is 5.92 Å². The van der Waals surface area contributed by atoms with Gasteiger partial charge in [0.25, 0.3) is 0 Å². The first-order valence-corrected chi connectivity index (χ1v) is 9.19. The Morgan fingerprint density at radius 2 is 2.14 bits per heavy atom. The van der Waals surface area contributed by atoms with Gasteiger partial charge in [-0.1, -0.05) is 19.1 Å². The van der Waals surface area contributed by atoms with Gasteiger partial charge in [-0.3, -0.25) is 0 Å². The first kappa shape index (κ1) is 17.2. The topological polar surface area (TPSA) is 35.6 Å². The second kappa shape index (κ2) is 8.44. The van der Waals surface area contributed by atoms with Crippen molar-refractivity contribution >= 4 is 17.8 Å². The van der Waals surface area contributed by atoms with Crippen LogP contribution in [0.2, 0.25) is 0 Å². The molecular weight excluding hydrogens is 294 g/mol. The standard InChI is InChI=1S/C17H27N3OS/c1-4-19(2)12-15-9-10-20(13-15)17(21)18-11-14-5-7-16(22-3)8-6-14/h5-8,15H,4,9-13H2,1-3H3,(H,18,21)/t15-/m1/s1. The molecule has 1 aliphatic heterocycles. The number of amides is 2. The molecule has 0 spiro atoms. The molecule has 1 aromatic rings. The van der Waals surface area contributed by atoms with E-state index in [-0.39, 0.29) is 6.03 Å². The van der Waals surface area contributed by atoms with Crippen molar-refractivity contribution in [1.82, 2.24) is 15.1 Å². The Kier molecular flexibility index (Phi) is 6.58. The number of thioether (sulfide) groups is 1. The molecule has 4 nitrogen and oxygen atoms in total. The van der Waals surface area contributed by atoms with Gasteiger partial charge >= 0.3 is 6.03 Å². The molecule has 22 heavy (non-hydrogen) atoms. The van der Waals surface area contributed by atoms with Crippen LogP contribution in [-0.2, 0) is 6.54 Å². The van der Waals surface area contributed by atoms with E-state index >= 15 is 0 Å². The lowest BCUT2D eigenvalue weighted by Crippen LogP contribution is -2.38. The van der Waals surface area contributed by atoms with Crippen LogP contribution in [0.5, 0.6) is 0 Å². The minimum Gasteiger partial charge on any atom is -0.334 e. The predicted molar refractivity (Wildman–Crippen MR) is 93.3 cm³/mol. The van der Waals surface area contributed by atoms with Crippen LogP contribution in [0.25, 0.3) is 0 Å². The first-order chi connectivity index (χ1) is 10.6. The van der Waals surface area contributed by atoms with Gasteiger partial charge in [0, 0.05) is 31.1 Å². The molecular formula is C17H27N3OS. The van der Waals surface area contributed by atoms with Gasteiger partial charge in [-0.25, -0.2) is 4.79 Å². The Morgan fingerprint density at radius 3 is 2.77 bits per heavy atom. The zero-order valence-electron chi connectivity index (χ0n) is 13.8. The summed E-state index contributed by atoms with van der Waals surface area (Å²) in [7, 11) is 2.14. The smallest absolute Gasteiger partial charge is 0.317 e. The fraction of sp³-hybridized carbons (Fsp3) is 0.588. The van der Waals surface area contributed by atoms with Crippen LogP contribution >= 0.6 is 11.8 Å². The van der Waals surface area contributed by atoms with Gasteiger partial charge in [-0.05, 0) is 49.9 Å². The van der Waals surface area contributed by atoms with Crippen molar-refractivity contribution in [3.63, 3.8) is 0 Å². The number of urea groups is 1. The summed E-state index contributed by atoms with van der Waals surface area (Å²) in [6.45, 7) is 6.66. The Labute approximate surface area is 138 Å². The van der Waals surface area contributed by atoms with Crippen molar-refractivity contribution in [3.05, 3.63) is 29.8 Å². The number of nitrogens with zero attached hydrogens (tertiary/aromatic N) is 2. The molecule has 0 unspecified atom stereocenters. The molecule has 122 valence electrons. The highest BCUT2D eigenvalue weighted by Gasteiger charge is 2.26. The van der Waals surface area contributed by atoms with E-state index in [1.165, 1.54) is 4.90 Å². The highest BCUT2D eigenvalue weighted by molar-refractivity contribution is 7.98. The summed E-state index contributed by atoms with van der Waals surface area (Å²) < 4.78 is 0. The molecule has 2 amide bonds. The summed E-state index contributed by atoms with van der Waals surface area (Å²) in [6.07, 6.45) is 3.18. The summed E-state index contributed by atoms with van der Waals surface area (Å²) in [6, 6.07) is 8.41. The average Bonchev–Trinajstić information content (AvgIpc) is 3.01. The van der Waals surface area contributed by atoms with Gasteiger partial charge in [0.15, 0.2) is 0 Å². The van der Waals surface area contributed by atoms with E-state index in [1.54, 1.807) is 11.8 Å². The maximum Gasteiger partial charge on any atom is 0.317 e. The number of carbonyl (C=O) groups excluding carboxylic acids is 1. The van der Waals surface area contributed by atoms with Gasteiger partial charge in [0.1, 0.15) is 0 Å². The molecule has 1 aromatic carbocycles. The molecule has 1 atom stereocenters. The molecule has 1 saturated heterocycles. The molecule has 2 rings (SSSR count). The van der Waals surface area contributed by atoms with Crippen molar-refractivity contribution in [2.45, 2.75) is 24.8 Å². The summed E-state index contributed by atoms with van der Waals surface area (Å²) in [5.41, 5.74) is 1.15. The molecule has 0 aromatic heterocycles. The van der Waals surface area contributed by atoms with E-state index in [9.17, 15) is 4.79 Å². The molecule has 0 bridgehead atoms. The van der Waals surface area contributed by atoms with Crippen molar-refractivity contribution in [1.29, 1.82) is 0 Å². The number of benzene rings is 1. The molecule has 0 aliphatic carbocycles. The van der Waals surface area contributed by atoms with Crippen LogP contribution in [0.15, 0.2) is 29.2 Å². The number of likely N-dealkylation sites (tertiary alicyclic amines) is 1. The maximum atomic E-state index is 12.2. The fourth-order valence-electron chi connectivity index (χ4n) is 2.77. The van der Waals surface area contributed by atoms with Crippen molar-refractivity contribution in [2.75, 3.05) is 39.5 Å². The van der Waals surface area contributed by atoms with Gasteiger partial charge < -0.3 is 15.1 Å². The third-order valence-corrected chi connectivity index (χ3v) is 5.03. The molecule has 0 radical (unpaired) electrons. The summed E-state index contributed by atoms with van der Waals surface area (Å²) in [5, 5.41) is 3.03. The Morgan fingerprint density at radius 1 is 1.41 bits per heavy atom. The predicted octanol–water partition coefficient (Wildman–Crippen LogP) is 2.89. The molecule has 0 saturated carbocycles. The summed E-state index contributed by atoms with van der Waals surface area (Å²) >= 11 is 1.73. The van der Waals surface area contributed by atoms with Crippen LogP contribution in [-0.4, -0.2) is 55.3 Å². The van der Waals surface area contributed by atoms with Gasteiger partial charge in [0.05, 0.1) is 0 Å². The molecule has 5 heteroatoms. The first-order valence-electron chi connectivity index (χ1n) is 7.96. The van der Waals surface area contributed by atoms with Gasteiger partial charge in [0.2, 0.25) is 0 Å². The van der Waals surface area contributed by atoms with Crippen LogP contribution in [0.4, 0.5) is 4.79 Å². The number of rotatable bonds is 6. The van der Waals surface area contributed by atoms with Crippen LogP contribution in [0, 0.1) is 5.92 Å². The van der Waals surface area contributed by atoms with E-state index < -0.39 is 0 Å². The van der Waals surface area contributed by atoms with Crippen LogP contribution in [0.1, 0.15) is 18.9 Å². The van der Waals surface area contributed by atoms with E-state index in [1.807, 2.05) is 4.90 Å². The second-order valence-electron chi connectivity index (χ2n) is 5.96.